The number of aromatic nitrogens is 3. The summed E-state index contributed by atoms with van der Waals surface area (Å²) in [5.41, 5.74) is 2.56. The number of amides is 1. The largest absolute Gasteiger partial charge is 0.334 e. The summed E-state index contributed by atoms with van der Waals surface area (Å²) in [4.78, 5) is 28.6. The molecule has 0 saturated carbocycles. The zero-order chi connectivity index (χ0) is 20.2. The van der Waals surface area contributed by atoms with Gasteiger partial charge in [-0.15, -0.1) is 0 Å². The molecule has 1 saturated heterocycles. The minimum atomic E-state index is 0.0904. The van der Waals surface area contributed by atoms with Crippen molar-refractivity contribution in [3.63, 3.8) is 0 Å². The number of piperidine rings is 1. The summed E-state index contributed by atoms with van der Waals surface area (Å²) in [5, 5.41) is 4.35. The Morgan fingerprint density at radius 1 is 1.21 bits per heavy atom. The molecule has 0 radical (unpaired) electrons. The molecule has 1 aliphatic rings. The van der Waals surface area contributed by atoms with Crippen LogP contribution >= 0.6 is 15.9 Å². The molecule has 3 aromatic rings. The number of pyridine rings is 1. The second-order valence-corrected chi connectivity index (χ2v) is 8.34. The topological polar surface area (TPSA) is 71.0 Å². The van der Waals surface area contributed by atoms with E-state index in [1.165, 1.54) is 0 Å². The second kappa shape index (κ2) is 8.97. The van der Waals surface area contributed by atoms with E-state index >= 15 is 0 Å². The number of halogens is 1. The van der Waals surface area contributed by atoms with Crippen LogP contribution in [0.4, 0.5) is 0 Å². The molecular formula is C22H24BrN5O. The van der Waals surface area contributed by atoms with Gasteiger partial charge in [0.25, 0.3) is 5.91 Å². The van der Waals surface area contributed by atoms with Crippen molar-refractivity contribution in [1.29, 1.82) is 0 Å². The molecule has 3 heterocycles. The van der Waals surface area contributed by atoms with Crippen molar-refractivity contribution < 1.29 is 4.79 Å². The zero-order valence-electron chi connectivity index (χ0n) is 16.4. The van der Waals surface area contributed by atoms with E-state index in [2.05, 4.69) is 36.2 Å². The number of likely N-dealkylation sites (tertiary alicyclic amines) is 1. The number of hydrogen-bond donors (Lipinski definition) is 1. The number of fused-ring (bicyclic) bond motifs is 1. The smallest absolute Gasteiger partial charge is 0.254 e. The molecule has 1 atom stereocenters. The van der Waals surface area contributed by atoms with Crippen LogP contribution in [0.25, 0.3) is 10.9 Å². The van der Waals surface area contributed by atoms with Gasteiger partial charge in [0.2, 0.25) is 0 Å². The summed E-state index contributed by atoms with van der Waals surface area (Å²) in [5.74, 6) is 0.838. The number of rotatable bonds is 5. The molecule has 1 amide bonds. The summed E-state index contributed by atoms with van der Waals surface area (Å²) in [6, 6.07) is 9.94. The van der Waals surface area contributed by atoms with Gasteiger partial charge in [-0.05, 0) is 60.3 Å². The number of carbonyl (C=O) groups excluding carboxylic acids is 1. The molecule has 0 spiro atoms. The first-order chi connectivity index (χ1) is 14.1. The minimum Gasteiger partial charge on any atom is -0.334 e. The van der Waals surface area contributed by atoms with Crippen LogP contribution in [0.15, 0.2) is 47.2 Å². The summed E-state index contributed by atoms with van der Waals surface area (Å²) in [6.07, 6.45) is 6.68. The van der Waals surface area contributed by atoms with Gasteiger partial charge in [-0.2, -0.15) is 0 Å². The van der Waals surface area contributed by atoms with Crippen molar-refractivity contribution in [1.82, 2.24) is 25.2 Å². The lowest BCUT2D eigenvalue weighted by molar-refractivity contribution is 0.0614. The van der Waals surface area contributed by atoms with Gasteiger partial charge < -0.3 is 10.2 Å². The van der Waals surface area contributed by atoms with Crippen LogP contribution in [0, 0.1) is 6.92 Å². The van der Waals surface area contributed by atoms with Gasteiger partial charge in [-0.25, -0.2) is 9.97 Å². The van der Waals surface area contributed by atoms with Crippen LogP contribution in [0.3, 0.4) is 0 Å². The molecule has 6 nitrogen and oxygen atoms in total. The number of nitrogens with one attached hydrogen (secondary N) is 1. The second-order valence-electron chi connectivity index (χ2n) is 7.42. The third kappa shape index (κ3) is 4.62. The highest BCUT2D eigenvalue weighted by Gasteiger charge is 2.28. The number of nitrogens with zero attached hydrogens (tertiary/aromatic N) is 4. The molecule has 7 heteroatoms. The Balaban J connectivity index is 1.48. The first-order valence-electron chi connectivity index (χ1n) is 9.96. The summed E-state index contributed by atoms with van der Waals surface area (Å²) in [6.45, 7) is 4.07. The maximum Gasteiger partial charge on any atom is 0.254 e. The fourth-order valence-electron chi connectivity index (χ4n) is 3.86. The highest BCUT2D eigenvalue weighted by molar-refractivity contribution is 9.10. The van der Waals surface area contributed by atoms with Gasteiger partial charge in [0.05, 0.1) is 16.5 Å². The maximum atomic E-state index is 13.4. The molecule has 2 aromatic heterocycles. The van der Waals surface area contributed by atoms with Crippen molar-refractivity contribution in [3.8, 4) is 0 Å². The van der Waals surface area contributed by atoms with E-state index in [-0.39, 0.29) is 11.9 Å². The maximum absolute atomic E-state index is 13.4. The van der Waals surface area contributed by atoms with E-state index in [1.54, 1.807) is 12.4 Å². The molecular weight excluding hydrogens is 430 g/mol. The number of carbonyl (C=O) groups is 1. The molecule has 1 N–H and O–H groups in total. The van der Waals surface area contributed by atoms with Crippen LogP contribution < -0.4 is 5.32 Å². The van der Waals surface area contributed by atoms with Crippen molar-refractivity contribution in [2.45, 2.75) is 38.8 Å². The lowest BCUT2D eigenvalue weighted by Crippen LogP contribution is -2.48. The Morgan fingerprint density at radius 3 is 2.86 bits per heavy atom. The van der Waals surface area contributed by atoms with Gasteiger partial charge in [-0.1, -0.05) is 12.1 Å². The van der Waals surface area contributed by atoms with Crippen molar-refractivity contribution >= 4 is 32.7 Å². The first kappa shape index (κ1) is 19.9. The van der Waals surface area contributed by atoms with E-state index < -0.39 is 0 Å². The SMILES string of the molecule is Cc1ccc2c(C(=O)N3CCCC[C@H]3CNCc3ncc(Br)cn3)cccc2n1. The minimum absolute atomic E-state index is 0.0904. The lowest BCUT2D eigenvalue weighted by atomic mass is 9.99. The summed E-state index contributed by atoms with van der Waals surface area (Å²) >= 11 is 3.35. The fourth-order valence-corrected chi connectivity index (χ4v) is 4.06. The van der Waals surface area contributed by atoms with E-state index in [0.29, 0.717) is 6.54 Å². The number of benzene rings is 1. The Hall–Kier alpha value is -2.38. The van der Waals surface area contributed by atoms with Gasteiger partial charge in [0.15, 0.2) is 0 Å². The standard InChI is InChI=1S/C22H24BrN5O/c1-15-8-9-18-19(6-4-7-20(18)27-15)22(29)28-10-3-2-5-17(28)13-24-14-21-25-11-16(23)12-26-21/h4,6-9,11-12,17,24H,2-3,5,10,13-14H2,1H3/t17-/m0/s1. The summed E-state index contributed by atoms with van der Waals surface area (Å²) in [7, 11) is 0. The highest BCUT2D eigenvalue weighted by atomic mass is 79.9. The zero-order valence-corrected chi connectivity index (χ0v) is 18.0. The molecule has 29 heavy (non-hydrogen) atoms. The Kier molecular flexibility index (Phi) is 6.16. The molecule has 0 aliphatic carbocycles. The Morgan fingerprint density at radius 2 is 2.03 bits per heavy atom. The third-order valence-corrected chi connectivity index (χ3v) is 5.74. The fraction of sp³-hybridized carbons (Fsp3) is 0.364. The van der Waals surface area contributed by atoms with Gasteiger partial charge in [-0.3, -0.25) is 9.78 Å². The predicted molar refractivity (Wildman–Crippen MR) is 117 cm³/mol. The monoisotopic (exact) mass is 453 g/mol. The highest BCUT2D eigenvalue weighted by Crippen LogP contribution is 2.24. The van der Waals surface area contributed by atoms with Crippen molar-refractivity contribution in [2.75, 3.05) is 13.1 Å². The molecule has 1 aliphatic heterocycles. The number of aryl methyl sites for hydroxylation is 1. The van der Waals surface area contributed by atoms with E-state index in [1.807, 2.05) is 42.2 Å². The van der Waals surface area contributed by atoms with E-state index in [4.69, 9.17) is 0 Å². The molecule has 0 unspecified atom stereocenters. The molecule has 0 bridgehead atoms. The average molecular weight is 454 g/mol. The van der Waals surface area contributed by atoms with Crippen molar-refractivity contribution in [3.05, 3.63) is 64.3 Å². The van der Waals surface area contributed by atoms with Crippen LogP contribution in [-0.2, 0) is 6.54 Å². The molecule has 1 aromatic carbocycles. The van der Waals surface area contributed by atoms with Crippen LogP contribution in [0.5, 0.6) is 0 Å². The van der Waals surface area contributed by atoms with Crippen LogP contribution in [0.1, 0.15) is 41.1 Å². The third-order valence-electron chi connectivity index (χ3n) is 5.33. The molecule has 4 rings (SSSR count). The van der Waals surface area contributed by atoms with E-state index in [9.17, 15) is 4.79 Å². The Labute approximate surface area is 178 Å². The first-order valence-corrected chi connectivity index (χ1v) is 10.8. The van der Waals surface area contributed by atoms with E-state index in [0.717, 1.165) is 64.8 Å². The van der Waals surface area contributed by atoms with Gasteiger partial charge in [0, 0.05) is 48.2 Å². The lowest BCUT2D eigenvalue weighted by Gasteiger charge is -2.36. The molecule has 1 fully saturated rings. The van der Waals surface area contributed by atoms with Crippen LogP contribution in [-0.4, -0.2) is 44.9 Å². The van der Waals surface area contributed by atoms with Gasteiger partial charge in [0.1, 0.15) is 5.82 Å². The van der Waals surface area contributed by atoms with Crippen molar-refractivity contribution in [2.24, 2.45) is 0 Å². The normalized spacial score (nSPS) is 16.9. The molecule has 150 valence electrons. The predicted octanol–water partition coefficient (Wildman–Crippen LogP) is 3.88. The summed E-state index contributed by atoms with van der Waals surface area (Å²) < 4.78 is 0.866. The quantitative estimate of drug-likeness (QED) is 0.634. The Bertz CT molecular complexity index is 1010. The van der Waals surface area contributed by atoms with Gasteiger partial charge >= 0.3 is 0 Å². The van der Waals surface area contributed by atoms with Crippen LogP contribution in [0.2, 0.25) is 0 Å². The average Bonchev–Trinajstić information content (AvgIpc) is 2.74. The number of hydrogen-bond acceptors (Lipinski definition) is 5.